The summed E-state index contributed by atoms with van der Waals surface area (Å²) in [6.07, 6.45) is 4.89. The van der Waals surface area contributed by atoms with Gasteiger partial charge in [0.1, 0.15) is 5.54 Å². The summed E-state index contributed by atoms with van der Waals surface area (Å²) in [5.41, 5.74) is 4.52. The lowest BCUT2D eigenvalue weighted by molar-refractivity contribution is -0.150. The predicted octanol–water partition coefficient (Wildman–Crippen LogP) is 2.29. The molecule has 122 valence electrons. The second-order valence-corrected chi connectivity index (χ2v) is 7.34. The Morgan fingerprint density at radius 2 is 2.05 bits per heavy atom. The molecule has 0 aromatic carbocycles. The van der Waals surface area contributed by atoms with E-state index in [9.17, 15) is 14.7 Å². The van der Waals surface area contributed by atoms with Crippen molar-refractivity contribution in [3.63, 3.8) is 0 Å². The van der Waals surface area contributed by atoms with Gasteiger partial charge in [-0.3, -0.25) is 4.79 Å². The number of carboxylic acid groups (broad SMARTS) is 1. The monoisotopic (exact) mass is 298 g/mol. The summed E-state index contributed by atoms with van der Waals surface area (Å²) >= 11 is 0. The Hall–Kier alpha value is -1.10. The standard InChI is InChI=1S/C16H30N2O3/c1-12-5-4-7-16(11-12,14(20)21)18-13(19)6-8-15(2,3)9-10-17/h12H,4-11,17H2,1-3H3,(H,18,19)(H,20,21). The molecule has 1 rings (SSSR count). The van der Waals surface area contributed by atoms with Crippen molar-refractivity contribution in [2.45, 2.75) is 71.3 Å². The van der Waals surface area contributed by atoms with Gasteiger partial charge in [0.05, 0.1) is 0 Å². The second kappa shape index (κ2) is 7.25. The van der Waals surface area contributed by atoms with E-state index >= 15 is 0 Å². The van der Waals surface area contributed by atoms with Crippen LogP contribution < -0.4 is 11.1 Å². The fourth-order valence-electron chi connectivity index (χ4n) is 3.21. The van der Waals surface area contributed by atoms with Gasteiger partial charge >= 0.3 is 5.97 Å². The molecule has 1 fully saturated rings. The number of rotatable bonds is 7. The Kier molecular flexibility index (Phi) is 6.20. The number of carbonyl (C=O) groups is 2. The molecule has 0 aromatic rings. The molecular weight excluding hydrogens is 268 g/mol. The second-order valence-electron chi connectivity index (χ2n) is 7.34. The zero-order valence-electron chi connectivity index (χ0n) is 13.6. The number of carbonyl (C=O) groups excluding carboxylic acids is 1. The summed E-state index contributed by atoms with van der Waals surface area (Å²) < 4.78 is 0. The van der Waals surface area contributed by atoms with E-state index in [0.717, 1.165) is 25.7 Å². The molecule has 0 heterocycles. The van der Waals surface area contributed by atoms with Crippen LogP contribution in [0.15, 0.2) is 0 Å². The third-order valence-corrected chi connectivity index (χ3v) is 4.64. The maximum atomic E-state index is 12.2. The Morgan fingerprint density at radius 1 is 1.38 bits per heavy atom. The molecule has 0 bridgehead atoms. The van der Waals surface area contributed by atoms with Gasteiger partial charge in [-0.05, 0) is 43.6 Å². The summed E-state index contributed by atoms with van der Waals surface area (Å²) in [6.45, 7) is 6.82. The molecule has 0 saturated heterocycles. The number of amides is 1. The van der Waals surface area contributed by atoms with Gasteiger partial charge in [-0.2, -0.15) is 0 Å². The first-order chi connectivity index (χ1) is 9.71. The van der Waals surface area contributed by atoms with Crippen LogP contribution in [-0.2, 0) is 9.59 Å². The summed E-state index contributed by atoms with van der Waals surface area (Å²) in [7, 11) is 0. The van der Waals surface area contributed by atoms with E-state index in [1.165, 1.54) is 0 Å². The van der Waals surface area contributed by atoms with Gasteiger partial charge in [0.2, 0.25) is 5.91 Å². The first-order valence-electron chi connectivity index (χ1n) is 7.95. The summed E-state index contributed by atoms with van der Waals surface area (Å²) in [5, 5.41) is 12.3. The Labute approximate surface area is 127 Å². The third kappa shape index (κ3) is 5.30. The Bertz CT molecular complexity index is 382. The van der Waals surface area contributed by atoms with Crippen LogP contribution >= 0.6 is 0 Å². The molecule has 2 atom stereocenters. The number of nitrogens with two attached hydrogens (primary N) is 1. The molecule has 5 heteroatoms. The van der Waals surface area contributed by atoms with E-state index in [4.69, 9.17) is 5.73 Å². The van der Waals surface area contributed by atoms with Crippen LogP contribution in [0.2, 0.25) is 0 Å². The van der Waals surface area contributed by atoms with Crippen LogP contribution in [0.5, 0.6) is 0 Å². The lowest BCUT2D eigenvalue weighted by atomic mass is 9.76. The molecule has 1 saturated carbocycles. The molecule has 1 aliphatic rings. The molecule has 0 radical (unpaired) electrons. The zero-order valence-corrected chi connectivity index (χ0v) is 13.6. The summed E-state index contributed by atoms with van der Waals surface area (Å²) in [4.78, 5) is 23.8. The van der Waals surface area contributed by atoms with Crippen molar-refractivity contribution in [2.24, 2.45) is 17.1 Å². The fraction of sp³-hybridized carbons (Fsp3) is 0.875. The minimum Gasteiger partial charge on any atom is -0.480 e. The molecular formula is C16H30N2O3. The van der Waals surface area contributed by atoms with Gasteiger partial charge in [-0.1, -0.05) is 33.6 Å². The van der Waals surface area contributed by atoms with Crippen LogP contribution in [0, 0.1) is 11.3 Å². The Balaban J connectivity index is 2.60. The zero-order chi connectivity index (χ0) is 16.1. The van der Waals surface area contributed by atoms with Gasteiger partial charge in [0.25, 0.3) is 0 Å². The van der Waals surface area contributed by atoms with E-state index in [0.29, 0.717) is 31.7 Å². The molecule has 1 amide bonds. The van der Waals surface area contributed by atoms with Crippen molar-refractivity contribution < 1.29 is 14.7 Å². The quantitative estimate of drug-likeness (QED) is 0.672. The maximum absolute atomic E-state index is 12.2. The predicted molar refractivity (Wildman–Crippen MR) is 82.8 cm³/mol. The van der Waals surface area contributed by atoms with Gasteiger partial charge in [0, 0.05) is 6.42 Å². The Morgan fingerprint density at radius 3 is 2.57 bits per heavy atom. The minimum atomic E-state index is -1.06. The first kappa shape index (κ1) is 18.0. The topological polar surface area (TPSA) is 92.4 Å². The lowest BCUT2D eigenvalue weighted by Gasteiger charge is -2.37. The largest absolute Gasteiger partial charge is 0.480 e. The maximum Gasteiger partial charge on any atom is 0.329 e. The van der Waals surface area contributed by atoms with Crippen LogP contribution in [0.25, 0.3) is 0 Å². The van der Waals surface area contributed by atoms with Gasteiger partial charge in [-0.25, -0.2) is 4.79 Å². The number of carboxylic acids is 1. The highest BCUT2D eigenvalue weighted by atomic mass is 16.4. The molecule has 21 heavy (non-hydrogen) atoms. The number of nitrogens with one attached hydrogen (secondary N) is 1. The lowest BCUT2D eigenvalue weighted by Crippen LogP contribution is -2.56. The molecule has 1 aliphatic carbocycles. The normalized spacial score (nSPS) is 26.4. The molecule has 2 unspecified atom stereocenters. The third-order valence-electron chi connectivity index (χ3n) is 4.64. The molecule has 4 N–H and O–H groups in total. The fourth-order valence-corrected chi connectivity index (χ4v) is 3.21. The average Bonchev–Trinajstić information content (AvgIpc) is 2.36. The number of hydrogen-bond acceptors (Lipinski definition) is 3. The highest BCUT2D eigenvalue weighted by molar-refractivity contribution is 5.87. The van der Waals surface area contributed by atoms with Crippen molar-refractivity contribution >= 4 is 11.9 Å². The summed E-state index contributed by atoms with van der Waals surface area (Å²) in [6, 6.07) is 0. The van der Waals surface area contributed by atoms with Crippen molar-refractivity contribution in [1.29, 1.82) is 0 Å². The van der Waals surface area contributed by atoms with E-state index in [1.54, 1.807) is 0 Å². The van der Waals surface area contributed by atoms with Crippen LogP contribution in [0.1, 0.15) is 65.7 Å². The molecule has 0 aliphatic heterocycles. The van der Waals surface area contributed by atoms with Gasteiger partial charge < -0.3 is 16.2 Å². The minimum absolute atomic E-state index is 0.0162. The van der Waals surface area contributed by atoms with E-state index in [1.807, 2.05) is 6.92 Å². The molecule has 5 nitrogen and oxygen atoms in total. The van der Waals surface area contributed by atoms with E-state index in [2.05, 4.69) is 19.2 Å². The summed E-state index contributed by atoms with van der Waals surface area (Å²) in [5.74, 6) is -0.718. The van der Waals surface area contributed by atoms with E-state index in [-0.39, 0.29) is 11.3 Å². The smallest absolute Gasteiger partial charge is 0.329 e. The van der Waals surface area contributed by atoms with Crippen molar-refractivity contribution in [1.82, 2.24) is 5.32 Å². The molecule has 0 spiro atoms. The van der Waals surface area contributed by atoms with Crippen LogP contribution in [0.4, 0.5) is 0 Å². The van der Waals surface area contributed by atoms with Crippen LogP contribution in [-0.4, -0.2) is 29.1 Å². The number of hydrogen-bond donors (Lipinski definition) is 3. The van der Waals surface area contributed by atoms with Crippen molar-refractivity contribution in [3.8, 4) is 0 Å². The number of aliphatic carboxylic acids is 1. The van der Waals surface area contributed by atoms with Crippen molar-refractivity contribution in [3.05, 3.63) is 0 Å². The first-order valence-corrected chi connectivity index (χ1v) is 7.95. The van der Waals surface area contributed by atoms with Crippen LogP contribution in [0.3, 0.4) is 0 Å². The van der Waals surface area contributed by atoms with E-state index < -0.39 is 11.5 Å². The average molecular weight is 298 g/mol. The molecule has 0 aromatic heterocycles. The highest BCUT2D eigenvalue weighted by Gasteiger charge is 2.43. The SMILES string of the molecule is CC1CCCC(NC(=O)CCC(C)(C)CCN)(C(=O)O)C1. The van der Waals surface area contributed by atoms with Crippen molar-refractivity contribution in [2.75, 3.05) is 6.54 Å². The van der Waals surface area contributed by atoms with Gasteiger partial charge in [0.15, 0.2) is 0 Å². The highest BCUT2D eigenvalue weighted by Crippen LogP contribution is 2.33. The van der Waals surface area contributed by atoms with Gasteiger partial charge in [-0.15, -0.1) is 0 Å².